The normalized spacial score (nSPS) is 19.9. The number of benzene rings is 3. The van der Waals surface area contributed by atoms with Gasteiger partial charge in [0.05, 0.1) is 12.2 Å². The summed E-state index contributed by atoms with van der Waals surface area (Å²) in [6.07, 6.45) is 3.49. The summed E-state index contributed by atoms with van der Waals surface area (Å²) in [5, 5.41) is 6.49. The van der Waals surface area contributed by atoms with Crippen LogP contribution in [-0.2, 0) is 4.74 Å². The van der Waals surface area contributed by atoms with E-state index in [1.807, 2.05) is 19.1 Å². The van der Waals surface area contributed by atoms with Crippen molar-refractivity contribution in [2.24, 2.45) is 0 Å². The van der Waals surface area contributed by atoms with Crippen LogP contribution in [0.5, 0.6) is 0 Å². The molecule has 0 heterocycles. The molecule has 0 amide bonds. The molecule has 0 bridgehead atoms. The largest absolute Gasteiger partial charge is 0.462 e. The van der Waals surface area contributed by atoms with Crippen LogP contribution >= 0.6 is 0 Å². The van der Waals surface area contributed by atoms with E-state index in [0.29, 0.717) is 30.2 Å². The molecule has 0 spiro atoms. The number of carbonyl (C=O) groups is 1. The number of hydrogen-bond acceptors (Lipinski definition) is 3. The van der Waals surface area contributed by atoms with Gasteiger partial charge < -0.3 is 10.1 Å². The molecule has 0 unspecified atom stereocenters. The summed E-state index contributed by atoms with van der Waals surface area (Å²) >= 11 is 0. The molecule has 0 radical (unpaired) electrons. The first-order valence-electron chi connectivity index (χ1n) is 10.7. The lowest BCUT2D eigenvalue weighted by atomic mass is 9.96. The molecule has 29 heavy (non-hydrogen) atoms. The molecular weight excluding hydrogens is 358 g/mol. The van der Waals surface area contributed by atoms with E-state index in [1.54, 1.807) is 0 Å². The van der Waals surface area contributed by atoms with Crippen LogP contribution in [-0.4, -0.2) is 18.6 Å². The number of nitrogens with one attached hydrogen (secondary N) is 1. The molecule has 3 heteroatoms. The summed E-state index contributed by atoms with van der Waals surface area (Å²) in [7, 11) is 0. The first kappa shape index (κ1) is 19.7. The zero-order chi connectivity index (χ0) is 20.2. The van der Waals surface area contributed by atoms with E-state index in [2.05, 4.69) is 66.8 Å². The van der Waals surface area contributed by atoms with Gasteiger partial charge in [0, 0.05) is 12.1 Å². The average molecular weight is 388 g/mol. The Morgan fingerprint density at radius 2 is 1.79 bits per heavy atom. The van der Waals surface area contributed by atoms with Crippen molar-refractivity contribution < 1.29 is 9.53 Å². The second-order valence-corrected chi connectivity index (χ2v) is 8.01. The Morgan fingerprint density at radius 1 is 1.03 bits per heavy atom. The Bertz CT molecular complexity index is 974. The minimum atomic E-state index is -0.242. The van der Waals surface area contributed by atoms with E-state index in [1.165, 1.54) is 34.7 Å². The molecule has 1 N–H and O–H groups in total. The predicted molar refractivity (Wildman–Crippen MR) is 118 cm³/mol. The van der Waals surface area contributed by atoms with Crippen molar-refractivity contribution >= 4 is 16.7 Å². The molecule has 1 saturated carbocycles. The molecule has 0 saturated heterocycles. The van der Waals surface area contributed by atoms with Gasteiger partial charge in [-0.25, -0.2) is 4.79 Å². The lowest BCUT2D eigenvalue weighted by molar-refractivity contribution is 0.0526. The second-order valence-electron chi connectivity index (χ2n) is 8.01. The molecule has 0 aliphatic heterocycles. The maximum absolute atomic E-state index is 11.8. The third-order valence-electron chi connectivity index (χ3n) is 6.10. The molecule has 3 atom stereocenters. The minimum Gasteiger partial charge on any atom is -0.462 e. The Morgan fingerprint density at radius 3 is 2.59 bits per heavy atom. The summed E-state index contributed by atoms with van der Waals surface area (Å²) in [5.41, 5.74) is 3.32. The van der Waals surface area contributed by atoms with Crippen molar-refractivity contribution in [2.75, 3.05) is 6.61 Å². The molecule has 1 aliphatic rings. The van der Waals surface area contributed by atoms with Gasteiger partial charge in [-0.15, -0.1) is 0 Å². The fourth-order valence-electron chi connectivity index (χ4n) is 4.61. The number of ether oxygens (including phenoxy) is 1. The molecule has 1 fully saturated rings. The summed E-state index contributed by atoms with van der Waals surface area (Å²) in [6, 6.07) is 24.0. The zero-order valence-corrected chi connectivity index (χ0v) is 17.2. The highest BCUT2D eigenvalue weighted by atomic mass is 16.5. The molecule has 4 rings (SSSR count). The molecule has 1 aliphatic carbocycles. The van der Waals surface area contributed by atoms with E-state index >= 15 is 0 Å². The van der Waals surface area contributed by atoms with Gasteiger partial charge in [0.1, 0.15) is 0 Å². The number of esters is 1. The van der Waals surface area contributed by atoms with Crippen LogP contribution in [0.25, 0.3) is 10.8 Å². The molecule has 3 aromatic carbocycles. The van der Waals surface area contributed by atoms with Crippen molar-refractivity contribution in [3.8, 4) is 0 Å². The topological polar surface area (TPSA) is 38.3 Å². The Labute approximate surface area is 173 Å². The van der Waals surface area contributed by atoms with Gasteiger partial charge in [0.25, 0.3) is 0 Å². The molecule has 3 aromatic rings. The van der Waals surface area contributed by atoms with Gasteiger partial charge in [-0.3, -0.25) is 0 Å². The molecule has 0 aromatic heterocycles. The van der Waals surface area contributed by atoms with Gasteiger partial charge in [-0.1, -0.05) is 54.6 Å². The zero-order valence-electron chi connectivity index (χ0n) is 17.2. The monoisotopic (exact) mass is 387 g/mol. The maximum atomic E-state index is 11.8. The lowest BCUT2D eigenvalue weighted by Crippen LogP contribution is -2.29. The Hall–Kier alpha value is -2.65. The first-order valence-corrected chi connectivity index (χ1v) is 10.7. The summed E-state index contributed by atoms with van der Waals surface area (Å²) in [5.74, 6) is 0.303. The third kappa shape index (κ3) is 4.35. The van der Waals surface area contributed by atoms with Crippen LogP contribution in [0.4, 0.5) is 0 Å². The number of carbonyl (C=O) groups excluding carboxylic acids is 1. The highest BCUT2D eigenvalue weighted by molar-refractivity contribution is 5.89. The van der Waals surface area contributed by atoms with Crippen LogP contribution in [0.15, 0.2) is 66.7 Å². The van der Waals surface area contributed by atoms with Crippen LogP contribution < -0.4 is 5.32 Å². The van der Waals surface area contributed by atoms with Gasteiger partial charge in [0.15, 0.2) is 0 Å². The number of fused-ring (bicyclic) bond motifs is 1. The fraction of sp³-hybridized carbons (Fsp3) is 0.346. The van der Waals surface area contributed by atoms with Gasteiger partial charge >= 0.3 is 5.97 Å². The first-order chi connectivity index (χ1) is 14.2. The van der Waals surface area contributed by atoms with Crippen LogP contribution in [0.3, 0.4) is 0 Å². The van der Waals surface area contributed by atoms with Crippen LogP contribution in [0.1, 0.15) is 66.6 Å². The van der Waals surface area contributed by atoms with Gasteiger partial charge in [-0.2, -0.15) is 0 Å². The van der Waals surface area contributed by atoms with Crippen molar-refractivity contribution in [3.05, 3.63) is 83.4 Å². The maximum Gasteiger partial charge on any atom is 0.338 e. The van der Waals surface area contributed by atoms with E-state index in [9.17, 15) is 4.79 Å². The standard InChI is InChI=1S/C26H29NO2/c1-3-29-26(28)21-13-11-19(12-14-21)22-15-16-23(17-22)27-18(2)24-10-6-8-20-7-4-5-9-25(20)24/h4-14,18,22-23,27H,3,15-17H2,1-2H3/t18-,22-,23+/m1/s1. The third-order valence-corrected chi connectivity index (χ3v) is 6.10. The Kier molecular flexibility index (Phi) is 5.96. The molecule has 150 valence electrons. The number of rotatable bonds is 6. The summed E-state index contributed by atoms with van der Waals surface area (Å²) < 4.78 is 5.08. The van der Waals surface area contributed by atoms with E-state index in [0.717, 1.165) is 6.42 Å². The lowest BCUT2D eigenvalue weighted by Gasteiger charge is -2.21. The van der Waals surface area contributed by atoms with Crippen LogP contribution in [0, 0.1) is 0 Å². The van der Waals surface area contributed by atoms with Crippen molar-refractivity contribution in [3.63, 3.8) is 0 Å². The highest BCUT2D eigenvalue weighted by Crippen LogP contribution is 2.36. The number of hydrogen-bond donors (Lipinski definition) is 1. The van der Waals surface area contributed by atoms with E-state index in [4.69, 9.17) is 4.74 Å². The van der Waals surface area contributed by atoms with Crippen molar-refractivity contribution in [1.82, 2.24) is 5.32 Å². The minimum absolute atomic E-state index is 0.242. The average Bonchev–Trinajstić information content (AvgIpc) is 3.22. The molecule has 3 nitrogen and oxygen atoms in total. The van der Waals surface area contributed by atoms with E-state index in [-0.39, 0.29) is 5.97 Å². The predicted octanol–water partition coefficient (Wildman–Crippen LogP) is 6.00. The highest BCUT2D eigenvalue weighted by Gasteiger charge is 2.27. The SMILES string of the molecule is CCOC(=O)c1ccc([C@@H]2CC[C@H](N[C@H](C)c3cccc4ccccc34)C2)cc1. The second kappa shape index (κ2) is 8.79. The smallest absolute Gasteiger partial charge is 0.338 e. The van der Waals surface area contributed by atoms with Crippen molar-refractivity contribution in [1.29, 1.82) is 0 Å². The van der Waals surface area contributed by atoms with Gasteiger partial charge in [-0.05, 0) is 73.1 Å². The summed E-state index contributed by atoms with van der Waals surface area (Å²) in [6.45, 7) is 4.51. The van der Waals surface area contributed by atoms with E-state index < -0.39 is 0 Å². The van der Waals surface area contributed by atoms with Crippen LogP contribution in [0.2, 0.25) is 0 Å². The molecular formula is C26H29NO2. The fourth-order valence-corrected chi connectivity index (χ4v) is 4.61. The van der Waals surface area contributed by atoms with Crippen molar-refractivity contribution in [2.45, 2.75) is 51.1 Å². The van der Waals surface area contributed by atoms with Gasteiger partial charge in [0.2, 0.25) is 0 Å². The Balaban J connectivity index is 1.40. The quantitative estimate of drug-likeness (QED) is 0.527. The summed E-state index contributed by atoms with van der Waals surface area (Å²) in [4.78, 5) is 11.8.